The molecule has 3 amide bonds. The molecule has 0 fully saturated rings. The van der Waals surface area contributed by atoms with Gasteiger partial charge in [0, 0.05) is 18.8 Å². The Morgan fingerprint density at radius 2 is 1.76 bits per heavy atom. The number of thiol groups is 1. The molecule has 0 aliphatic heterocycles. The van der Waals surface area contributed by atoms with Crippen molar-refractivity contribution >= 4 is 30.5 Å². The van der Waals surface area contributed by atoms with Crippen LogP contribution in [0.2, 0.25) is 0 Å². The summed E-state index contributed by atoms with van der Waals surface area (Å²) in [5, 5.41) is 5.62. The average molecular weight is 480 g/mol. The van der Waals surface area contributed by atoms with Crippen molar-refractivity contribution in [3.8, 4) is 0 Å². The molecule has 0 radical (unpaired) electrons. The van der Waals surface area contributed by atoms with Gasteiger partial charge in [0.25, 0.3) is 0 Å². The van der Waals surface area contributed by atoms with E-state index >= 15 is 0 Å². The monoisotopic (exact) mass is 479 g/mol. The molecule has 0 saturated heterocycles. The predicted octanol–water partition coefficient (Wildman–Crippen LogP) is 4.40. The maximum absolute atomic E-state index is 13.6. The number of hydrogen-bond donors (Lipinski definition) is 3. The molecule has 0 bridgehead atoms. The van der Waals surface area contributed by atoms with Gasteiger partial charge in [0.1, 0.15) is 17.7 Å². The molecule has 2 unspecified atom stereocenters. The highest BCUT2D eigenvalue weighted by molar-refractivity contribution is 7.80. The van der Waals surface area contributed by atoms with E-state index in [0.29, 0.717) is 19.5 Å². The molecular weight excluding hydrogens is 438 g/mol. The minimum atomic E-state index is -0.922. The Labute approximate surface area is 204 Å². The van der Waals surface area contributed by atoms with E-state index in [4.69, 9.17) is 4.74 Å². The van der Waals surface area contributed by atoms with Crippen LogP contribution in [0.15, 0.2) is 24.3 Å². The number of unbranched alkanes of at least 4 members (excludes halogenated alkanes) is 2. The summed E-state index contributed by atoms with van der Waals surface area (Å²) >= 11 is 4.29. The largest absolute Gasteiger partial charge is 0.444 e. The zero-order chi connectivity index (χ0) is 25.0. The summed E-state index contributed by atoms with van der Waals surface area (Å²) in [5.41, 5.74) is 0.990. The first-order valence-corrected chi connectivity index (χ1v) is 12.4. The maximum Gasteiger partial charge on any atom is 0.408 e. The van der Waals surface area contributed by atoms with E-state index in [-0.39, 0.29) is 17.6 Å². The van der Waals surface area contributed by atoms with Gasteiger partial charge in [-0.15, -0.1) is 0 Å². The molecule has 0 aliphatic rings. The molecule has 0 heterocycles. The van der Waals surface area contributed by atoms with Crippen LogP contribution in [0.25, 0.3) is 0 Å². The van der Waals surface area contributed by atoms with E-state index < -0.39 is 23.8 Å². The van der Waals surface area contributed by atoms with Crippen molar-refractivity contribution in [2.24, 2.45) is 0 Å². The summed E-state index contributed by atoms with van der Waals surface area (Å²) < 4.78 is 5.31. The summed E-state index contributed by atoms with van der Waals surface area (Å²) in [4.78, 5) is 40.8. The third-order valence-electron chi connectivity index (χ3n) is 5.04. The van der Waals surface area contributed by atoms with E-state index in [1.54, 1.807) is 25.7 Å². The first-order chi connectivity index (χ1) is 15.6. The zero-order valence-electron chi connectivity index (χ0n) is 20.9. The summed E-state index contributed by atoms with van der Waals surface area (Å²) in [6.45, 7) is 12.2. The molecular formula is C25H41N3O4S. The SMILES string of the molecule is CCCCCNC(=O)C(c1ccccc1C)N(CCC)C(=O)C(CS)NC(=O)OC(C)(C)C. The molecule has 33 heavy (non-hydrogen) atoms. The Balaban J connectivity index is 3.25. The lowest BCUT2D eigenvalue weighted by atomic mass is 9.98. The maximum atomic E-state index is 13.6. The molecule has 0 spiro atoms. The van der Waals surface area contributed by atoms with Crippen LogP contribution in [0.5, 0.6) is 0 Å². The van der Waals surface area contributed by atoms with Gasteiger partial charge in [0.05, 0.1) is 0 Å². The number of benzene rings is 1. The van der Waals surface area contributed by atoms with Crippen molar-refractivity contribution < 1.29 is 19.1 Å². The van der Waals surface area contributed by atoms with Crippen molar-refractivity contribution in [1.29, 1.82) is 0 Å². The van der Waals surface area contributed by atoms with Crippen molar-refractivity contribution in [3.05, 3.63) is 35.4 Å². The number of alkyl carbamates (subject to hydrolysis) is 1. The van der Waals surface area contributed by atoms with Crippen LogP contribution >= 0.6 is 12.6 Å². The van der Waals surface area contributed by atoms with Gasteiger partial charge in [0.15, 0.2) is 0 Å². The summed E-state index contributed by atoms with van der Waals surface area (Å²) in [7, 11) is 0. The van der Waals surface area contributed by atoms with Gasteiger partial charge in [-0.1, -0.05) is 51.0 Å². The molecule has 7 nitrogen and oxygen atoms in total. The fraction of sp³-hybridized carbons (Fsp3) is 0.640. The summed E-state index contributed by atoms with van der Waals surface area (Å²) in [6.07, 6.45) is 2.92. The molecule has 0 saturated carbocycles. The Morgan fingerprint density at radius 3 is 2.30 bits per heavy atom. The molecule has 186 valence electrons. The number of ether oxygens (including phenoxy) is 1. The smallest absolute Gasteiger partial charge is 0.408 e. The number of aryl methyl sites for hydroxylation is 1. The van der Waals surface area contributed by atoms with E-state index in [0.717, 1.165) is 30.4 Å². The predicted molar refractivity (Wildman–Crippen MR) is 135 cm³/mol. The van der Waals surface area contributed by atoms with E-state index in [1.807, 2.05) is 38.1 Å². The molecule has 2 N–H and O–H groups in total. The number of amides is 3. The van der Waals surface area contributed by atoms with E-state index in [9.17, 15) is 14.4 Å². The molecule has 0 aromatic heterocycles. The average Bonchev–Trinajstić information content (AvgIpc) is 2.74. The van der Waals surface area contributed by atoms with Gasteiger partial charge in [-0.2, -0.15) is 12.6 Å². The van der Waals surface area contributed by atoms with Crippen LogP contribution in [-0.4, -0.2) is 53.3 Å². The topological polar surface area (TPSA) is 87.7 Å². The van der Waals surface area contributed by atoms with Gasteiger partial charge in [0.2, 0.25) is 11.8 Å². The molecule has 0 aliphatic carbocycles. The highest BCUT2D eigenvalue weighted by Gasteiger charge is 2.35. The minimum Gasteiger partial charge on any atom is -0.444 e. The van der Waals surface area contributed by atoms with E-state index in [1.165, 1.54) is 0 Å². The quantitative estimate of drug-likeness (QED) is 0.306. The highest BCUT2D eigenvalue weighted by atomic mass is 32.1. The molecule has 1 aromatic carbocycles. The van der Waals surface area contributed by atoms with Crippen LogP contribution in [0.1, 0.15) is 77.5 Å². The van der Waals surface area contributed by atoms with Gasteiger partial charge in [-0.05, 0) is 51.7 Å². The number of carbonyl (C=O) groups is 3. The summed E-state index contributed by atoms with van der Waals surface area (Å²) in [6, 6.07) is 5.84. The number of nitrogens with zero attached hydrogens (tertiary/aromatic N) is 1. The van der Waals surface area contributed by atoms with Crippen molar-refractivity contribution in [2.45, 2.75) is 84.9 Å². The minimum absolute atomic E-state index is 0.0803. The van der Waals surface area contributed by atoms with Crippen LogP contribution in [0.4, 0.5) is 4.79 Å². The summed E-state index contributed by atoms with van der Waals surface area (Å²) in [5.74, 6) is -0.510. The van der Waals surface area contributed by atoms with Gasteiger partial charge in [-0.25, -0.2) is 4.79 Å². The van der Waals surface area contributed by atoms with Gasteiger partial charge in [-0.3, -0.25) is 9.59 Å². The lowest BCUT2D eigenvalue weighted by Crippen LogP contribution is -2.54. The fourth-order valence-corrected chi connectivity index (χ4v) is 3.72. The first kappa shape index (κ1) is 28.8. The second kappa shape index (κ2) is 14.1. The number of hydrogen-bond acceptors (Lipinski definition) is 5. The van der Waals surface area contributed by atoms with Crippen LogP contribution in [0.3, 0.4) is 0 Å². The normalized spacial score (nSPS) is 13.1. The Hall–Kier alpha value is -2.22. The standard InChI is InChI=1S/C25H41N3O4S/c1-7-9-12-15-26-22(29)21(19-14-11-10-13-18(19)3)28(16-8-2)23(30)20(17-33)27-24(31)32-25(4,5)6/h10-11,13-14,20-21,33H,7-9,12,15-17H2,1-6H3,(H,26,29)(H,27,31). The van der Waals surface area contributed by atoms with Gasteiger partial charge < -0.3 is 20.3 Å². The van der Waals surface area contributed by atoms with Crippen LogP contribution < -0.4 is 10.6 Å². The van der Waals surface area contributed by atoms with Crippen molar-refractivity contribution in [3.63, 3.8) is 0 Å². The Morgan fingerprint density at radius 1 is 1.09 bits per heavy atom. The van der Waals surface area contributed by atoms with Gasteiger partial charge >= 0.3 is 6.09 Å². The lowest BCUT2D eigenvalue weighted by molar-refractivity contribution is -0.142. The Kier molecular flexibility index (Phi) is 12.3. The van der Waals surface area contributed by atoms with Crippen LogP contribution in [-0.2, 0) is 14.3 Å². The number of rotatable bonds is 12. The zero-order valence-corrected chi connectivity index (χ0v) is 21.8. The molecule has 2 atom stereocenters. The van der Waals surface area contributed by atoms with E-state index in [2.05, 4.69) is 30.2 Å². The van der Waals surface area contributed by atoms with Crippen molar-refractivity contribution in [1.82, 2.24) is 15.5 Å². The third kappa shape index (κ3) is 9.66. The fourth-order valence-electron chi connectivity index (χ4n) is 3.47. The Bertz CT molecular complexity index is 779. The first-order valence-electron chi connectivity index (χ1n) is 11.8. The van der Waals surface area contributed by atoms with Crippen LogP contribution in [0, 0.1) is 6.92 Å². The lowest BCUT2D eigenvalue weighted by Gasteiger charge is -2.34. The second-order valence-corrected chi connectivity index (χ2v) is 9.54. The number of carbonyl (C=O) groups excluding carboxylic acids is 3. The molecule has 1 aromatic rings. The van der Waals surface area contributed by atoms with Crippen molar-refractivity contribution in [2.75, 3.05) is 18.8 Å². The second-order valence-electron chi connectivity index (χ2n) is 9.17. The molecule has 1 rings (SSSR count). The molecule has 8 heteroatoms. The highest BCUT2D eigenvalue weighted by Crippen LogP contribution is 2.26. The number of nitrogens with one attached hydrogen (secondary N) is 2. The third-order valence-corrected chi connectivity index (χ3v) is 5.41.